The van der Waals surface area contributed by atoms with Crippen molar-refractivity contribution in [2.45, 2.75) is 45.4 Å². The number of ether oxygens (including phenoxy) is 1. The summed E-state index contributed by atoms with van der Waals surface area (Å²) >= 11 is 1.37. The Balaban J connectivity index is 1.88. The van der Waals surface area contributed by atoms with E-state index in [1.54, 1.807) is 24.4 Å². The highest BCUT2D eigenvalue weighted by molar-refractivity contribution is 7.13. The van der Waals surface area contributed by atoms with E-state index >= 15 is 0 Å². The smallest absolute Gasteiger partial charge is 0.261 e. The zero-order chi connectivity index (χ0) is 17.2. The minimum atomic E-state index is -0.254. The first kappa shape index (κ1) is 18.3. The molecule has 0 bridgehead atoms. The van der Waals surface area contributed by atoms with Crippen molar-refractivity contribution in [2.75, 3.05) is 17.7 Å². The molecule has 0 saturated carbocycles. The summed E-state index contributed by atoms with van der Waals surface area (Å²) in [7, 11) is 0. The number of nitrogens with one attached hydrogen (secondary N) is 1. The maximum Gasteiger partial charge on any atom is 0.261 e. The van der Waals surface area contributed by atoms with Crippen molar-refractivity contribution in [3.05, 3.63) is 35.3 Å². The third kappa shape index (κ3) is 5.85. The van der Waals surface area contributed by atoms with Crippen LogP contribution in [-0.2, 0) is 0 Å². The van der Waals surface area contributed by atoms with E-state index in [-0.39, 0.29) is 5.91 Å². The average molecular weight is 347 g/mol. The minimum Gasteiger partial charge on any atom is -0.493 e. The van der Waals surface area contributed by atoms with Gasteiger partial charge in [-0.2, -0.15) is 0 Å². The largest absolute Gasteiger partial charge is 0.493 e. The van der Waals surface area contributed by atoms with Crippen molar-refractivity contribution < 1.29 is 9.53 Å². The standard InChI is InChI=1S/C18H25N3O2S/c1-2-3-4-5-6-7-11-23-16-9-8-14(19)13-15(16)17(22)21-18-20-10-12-24-18/h8-10,12-13H,2-7,11,19H2,1H3,(H,20,21,22). The molecule has 2 rings (SSSR count). The zero-order valence-corrected chi connectivity index (χ0v) is 14.9. The monoisotopic (exact) mass is 347 g/mol. The van der Waals surface area contributed by atoms with Gasteiger partial charge < -0.3 is 10.5 Å². The second-order valence-corrected chi connectivity index (χ2v) is 6.56. The van der Waals surface area contributed by atoms with Crippen molar-refractivity contribution >= 4 is 28.1 Å². The molecule has 1 heterocycles. The number of nitrogen functional groups attached to an aromatic ring is 1. The van der Waals surface area contributed by atoms with Crippen LogP contribution in [0.15, 0.2) is 29.8 Å². The van der Waals surface area contributed by atoms with Crippen LogP contribution in [0.4, 0.5) is 10.8 Å². The number of nitrogens with two attached hydrogens (primary N) is 1. The number of thiazole rings is 1. The Hall–Kier alpha value is -2.08. The average Bonchev–Trinajstić information content (AvgIpc) is 3.08. The second-order valence-electron chi connectivity index (χ2n) is 5.66. The fourth-order valence-corrected chi connectivity index (χ4v) is 2.89. The molecule has 130 valence electrons. The highest BCUT2D eigenvalue weighted by atomic mass is 32.1. The summed E-state index contributed by atoms with van der Waals surface area (Å²) in [6.07, 6.45) is 8.84. The number of aromatic nitrogens is 1. The van der Waals surface area contributed by atoms with Crippen LogP contribution in [0.1, 0.15) is 55.8 Å². The van der Waals surface area contributed by atoms with Crippen molar-refractivity contribution in [2.24, 2.45) is 0 Å². The number of rotatable bonds is 10. The summed E-state index contributed by atoms with van der Waals surface area (Å²) in [6.45, 7) is 2.82. The van der Waals surface area contributed by atoms with E-state index < -0.39 is 0 Å². The lowest BCUT2D eigenvalue weighted by Crippen LogP contribution is -2.14. The molecule has 1 aromatic heterocycles. The molecule has 0 spiro atoms. The number of benzene rings is 1. The number of hydrogen-bond acceptors (Lipinski definition) is 5. The Kier molecular flexibility index (Phi) is 7.55. The SMILES string of the molecule is CCCCCCCCOc1ccc(N)cc1C(=O)Nc1nccs1. The molecule has 1 aromatic carbocycles. The number of unbranched alkanes of at least 4 members (excludes halogenated alkanes) is 5. The van der Waals surface area contributed by atoms with Gasteiger partial charge in [0.15, 0.2) is 5.13 Å². The molecule has 24 heavy (non-hydrogen) atoms. The van der Waals surface area contributed by atoms with Gasteiger partial charge in [0.25, 0.3) is 5.91 Å². The predicted molar refractivity (Wildman–Crippen MR) is 99.8 cm³/mol. The quantitative estimate of drug-likeness (QED) is 0.482. The van der Waals surface area contributed by atoms with Gasteiger partial charge in [0.1, 0.15) is 5.75 Å². The number of carbonyl (C=O) groups excluding carboxylic acids is 1. The van der Waals surface area contributed by atoms with Gasteiger partial charge in [-0.3, -0.25) is 10.1 Å². The number of carbonyl (C=O) groups is 1. The van der Waals surface area contributed by atoms with Crippen LogP contribution >= 0.6 is 11.3 Å². The first-order valence-corrected chi connectivity index (χ1v) is 9.32. The Bertz CT molecular complexity index is 629. The highest BCUT2D eigenvalue weighted by Crippen LogP contribution is 2.24. The molecule has 3 N–H and O–H groups in total. The molecule has 0 unspecified atom stereocenters. The summed E-state index contributed by atoms with van der Waals surface area (Å²) < 4.78 is 5.81. The third-order valence-electron chi connectivity index (χ3n) is 3.66. The van der Waals surface area contributed by atoms with Gasteiger partial charge >= 0.3 is 0 Å². The number of nitrogens with zero attached hydrogens (tertiary/aromatic N) is 1. The number of hydrogen-bond donors (Lipinski definition) is 2. The predicted octanol–water partition coefficient (Wildman–Crippen LogP) is 4.72. The van der Waals surface area contributed by atoms with E-state index in [4.69, 9.17) is 10.5 Å². The summed E-state index contributed by atoms with van der Waals surface area (Å²) in [5.41, 5.74) is 6.79. The Morgan fingerprint density at radius 2 is 2.04 bits per heavy atom. The first-order valence-electron chi connectivity index (χ1n) is 8.44. The summed E-state index contributed by atoms with van der Waals surface area (Å²) in [5, 5.41) is 5.13. The normalized spacial score (nSPS) is 10.5. The molecule has 0 radical (unpaired) electrons. The minimum absolute atomic E-state index is 0.254. The van der Waals surface area contributed by atoms with Crippen molar-refractivity contribution in [3.63, 3.8) is 0 Å². The summed E-state index contributed by atoms with van der Waals surface area (Å²) in [6, 6.07) is 5.14. The van der Waals surface area contributed by atoms with E-state index in [0.29, 0.717) is 28.7 Å². The lowest BCUT2D eigenvalue weighted by Gasteiger charge is -2.12. The maximum atomic E-state index is 12.4. The zero-order valence-electron chi connectivity index (χ0n) is 14.1. The Labute approximate surface area is 147 Å². The van der Waals surface area contributed by atoms with Crippen LogP contribution in [0.2, 0.25) is 0 Å². The van der Waals surface area contributed by atoms with E-state index in [2.05, 4.69) is 17.2 Å². The molecule has 0 fully saturated rings. The molecule has 1 amide bonds. The Morgan fingerprint density at radius 1 is 1.25 bits per heavy atom. The number of anilines is 2. The van der Waals surface area contributed by atoms with Gasteiger partial charge in [-0.25, -0.2) is 4.98 Å². The summed E-state index contributed by atoms with van der Waals surface area (Å²) in [4.78, 5) is 16.5. The summed E-state index contributed by atoms with van der Waals surface area (Å²) in [5.74, 6) is 0.307. The van der Waals surface area contributed by atoms with E-state index in [9.17, 15) is 4.79 Å². The van der Waals surface area contributed by atoms with Gasteiger partial charge in [0.2, 0.25) is 0 Å². The van der Waals surface area contributed by atoms with E-state index in [0.717, 1.165) is 12.8 Å². The van der Waals surface area contributed by atoms with Crippen molar-refractivity contribution in [1.29, 1.82) is 0 Å². The first-order chi connectivity index (χ1) is 11.7. The fraction of sp³-hybridized carbons (Fsp3) is 0.444. The lowest BCUT2D eigenvalue weighted by molar-refractivity contribution is 0.102. The van der Waals surface area contributed by atoms with Gasteiger partial charge in [0.05, 0.1) is 12.2 Å². The molecule has 2 aromatic rings. The van der Waals surface area contributed by atoms with Gasteiger partial charge in [-0.05, 0) is 24.6 Å². The molecule has 0 aliphatic rings. The van der Waals surface area contributed by atoms with Gasteiger partial charge in [-0.1, -0.05) is 39.0 Å². The van der Waals surface area contributed by atoms with Gasteiger partial charge in [0, 0.05) is 17.3 Å². The Morgan fingerprint density at radius 3 is 2.79 bits per heavy atom. The van der Waals surface area contributed by atoms with Crippen LogP contribution < -0.4 is 15.8 Å². The van der Waals surface area contributed by atoms with Crippen LogP contribution in [0.3, 0.4) is 0 Å². The molecule has 0 saturated heterocycles. The van der Waals surface area contributed by atoms with Crippen LogP contribution in [0.5, 0.6) is 5.75 Å². The molecular formula is C18H25N3O2S. The van der Waals surface area contributed by atoms with Crippen molar-refractivity contribution in [3.8, 4) is 5.75 Å². The topological polar surface area (TPSA) is 77.2 Å². The van der Waals surface area contributed by atoms with Crippen LogP contribution in [0, 0.1) is 0 Å². The molecule has 6 heteroatoms. The van der Waals surface area contributed by atoms with Crippen LogP contribution in [-0.4, -0.2) is 17.5 Å². The van der Waals surface area contributed by atoms with Crippen LogP contribution in [0.25, 0.3) is 0 Å². The highest BCUT2D eigenvalue weighted by Gasteiger charge is 2.14. The molecule has 5 nitrogen and oxygen atoms in total. The lowest BCUT2D eigenvalue weighted by atomic mass is 10.1. The van der Waals surface area contributed by atoms with E-state index in [1.807, 2.05) is 5.38 Å². The third-order valence-corrected chi connectivity index (χ3v) is 4.35. The molecule has 0 aliphatic heterocycles. The van der Waals surface area contributed by atoms with E-state index in [1.165, 1.54) is 37.0 Å². The van der Waals surface area contributed by atoms with Gasteiger partial charge in [-0.15, -0.1) is 11.3 Å². The number of amides is 1. The molecular weight excluding hydrogens is 322 g/mol. The maximum absolute atomic E-state index is 12.4. The molecule has 0 aliphatic carbocycles. The molecule has 0 atom stereocenters. The fourth-order valence-electron chi connectivity index (χ4n) is 2.37. The second kappa shape index (κ2) is 9.93. The van der Waals surface area contributed by atoms with Crippen molar-refractivity contribution in [1.82, 2.24) is 4.98 Å².